The van der Waals surface area contributed by atoms with Gasteiger partial charge in [0.15, 0.2) is 11.3 Å². The number of rotatable bonds is 6. The van der Waals surface area contributed by atoms with Crippen molar-refractivity contribution in [1.29, 1.82) is 0 Å². The van der Waals surface area contributed by atoms with Gasteiger partial charge in [0.1, 0.15) is 5.75 Å². The summed E-state index contributed by atoms with van der Waals surface area (Å²) in [5.41, 5.74) is 1.49. The molecule has 2 N–H and O–H groups in total. The molecule has 2 aromatic rings. The van der Waals surface area contributed by atoms with E-state index in [0.29, 0.717) is 33.0 Å². The summed E-state index contributed by atoms with van der Waals surface area (Å²) < 4.78 is 5.43. The molecule has 0 aromatic heterocycles. The molecule has 8 heteroatoms. The van der Waals surface area contributed by atoms with Gasteiger partial charge in [-0.3, -0.25) is 4.79 Å². The highest BCUT2D eigenvalue weighted by atomic mass is 35.5. The van der Waals surface area contributed by atoms with Crippen molar-refractivity contribution in [3.63, 3.8) is 0 Å². The van der Waals surface area contributed by atoms with E-state index in [0.717, 1.165) is 5.56 Å². The predicted octanol–water partition coefficient (Wildman–Crippen LogP) is 4.47. The molecule has 0 aliphatic carbocycles. The van der Waals surface area contributed by atoms with E-state index in [9.17, 15) is 9.59 Å². The van der Waals surface area contributed by atoms with Crippen molar-refractivity contribution in [3.8, 4) is 5.75 Å². The van der Waals surface area contributed by atoms with Crippen LogP contribution in [0.1, 0.15) is 18.9 Å². The van der Waals surface area contributed by atoms with Crippen LogP contribution < -0.4 is 10.1 Å². The molecule has 1 saturated heterocycles. The van der Waals surface area contributed by atoms with Gasteiger partial charge in [0.25, 0.3) is 5.91 Å². The zero-order valence-electron chi connectivity index (χ0n) is 14.9. The Bertz CT molecular complexity index is 940. The number of carboxylic acids is 1. The number of nitrogens with one attached hydrogen (secondary N) is 1. The number of aliphatic carboxylic acids is 1. The summed E-state index contributed by atoms with van der Waals surface area (Å²) >= 11 is 7.10. The Morgan fingerprint density at radius 2 is 1.93 bits per heavy atom. The number of carbonyl (C=O) groups is 2. The summed E-state index contributed by atoms with van der Waals surface area (Å²) in [4.78, 5) is 28.1. The van der Waals surface area contributed by atoms with E-state index >= 15 is 0 Å². The van der Waals surface area contributed by atoms with Crippen LogP contribution in [0, 0.1) is 0 Å². The Hall–Kier alpha value is -2.77. The first-order valence-electron chi connectivity index (χ1n) is 8.49. The average Bonchev–Trinajstić information content (AvgIpc) is 3.01. The molecule has 3 rings (SSSR count). The minimum Gasteiger partial charge on any atom is -0.479 e. The highest BCUT2D eigenvalue weighted by Crippen LogP contribution is 2.29. The average molecular weight is 417 g/mol. The van der Waals surface area contributed by atoms with Gasteiger partial charge < -0.3 is 15.2 Å². The maximum Gasteiger partial charge on any atom is 0.344 e. The van der Waals surface area contributed by atoms with Crippen LogP contribution in [-0.4, -0.2) is 28.3 Å². The van der Waals surface area contributed by atoms with Crippen LogP contribution in [0.5, 0.6) is 5.75 Å². The van der Waals surface area contributed by atoms with Crippen molar-refractivity contribution in [2.45, 2.75) is 19.4 Å². The largest absolute Gasteiger partial charge is 0.479 e. The maximum absolute atomic E-state index is 12.2. The third-order valence-electron chi connectivity index (χ3n) is 3.81. The van der Waals surface area contributed by atoms with Crippen LogP contribution in [0.4, 0.5) is 5.69 Å². The molecule has 0 bridgehead atoms. The van der Waals surface area contributed by atoms with Crippen molar-refractivity contribution < 1.29 is 19.4 Å². The van der Waals surface area contributed by atoms with E-state index in [1.54, 1.807) is 61.5 Å². The third kappa shape index (κ3) is 5.15. The van der Waals surface area contributed by atoms with Gasteiger partial charge >= 0.3 is 5.97 Å². The number of halogens is 1. The number of carbonyl (C=O) groups excluding carboxylic acids is 1. The number of ether oxygens (including phenoxy) is 1. The highest BCUT2D eigenvalue weighted by Gasteiger charge is 2.23. The van der Waals surface area contributed by atoms with E-state index in [1.807, 2.05) is 0 Å². The van der Waals surface area contributed by atoms with E-state index in [-0.39, 0.29) is 5.91 Å². The first-order valence-corrected chi connectivity index (χ1v) is 9.68. The molecule has 1 fully saturated rings. The minimum absolute atomic E-state index is 0.227. The molecule has 1 amide bonds. The van der Waals surface area contributed by atoms with Gasteiger partial charge in [-0.1, -0.05) is 30.7 Å². The molecular weight excluding hydrogens is 400 g/mol. The number of hydrogen-bond acceptors (Lipinski definition) is 5. The number of amides is 1. The molecule has 2 aromatic carbocycles. The van der Waals surface area contributed by atoms with E-state index < -0.39 is 12.1 Å². The van der Waals surface area contributed by atoms with Crippen molar-refractivity contribution in [2.75, 3.05) is 0 Å². The SMILES string of the molecule is CCC(Oc1ccc(/C=C2/SC(=Nc3ccc(Cl)cc3)NC2=O)cc1)C(=O)O. The zero-order chi connectivity index (χ0) is 20.1. The molecule has 144 valence electrons. The Labute approximate surface area is 171 Å². The summed E-state index contributed by atoms with van der Waals surface area (Å²) in [6, 6.07) is 13.9. The molecule has 0 spiro atoms. The van der Waals surface area contributed by atoms with Gasteiger partial charge in [-0.25, -0.2) is 9.79 Å². The number of aliphatic imine (C=N–C) groups is 1. The highest BCUT2D eigenvalue weighted by molar-refractivity contribution is 8.18. The van der Waals surface area contributed by atoms with Gasteiger partial charge in [0.2, 0.25) is 0 Å². The lowest BCUT2D eigenvalue weighted by molar-refractivity contribution is -0.145. The molecule has 28 heavy (non-hydrogen) atoms. The Balaban J connectivity index is 1.70. The van der Waals surface area contributed by atoms with Crippen LogP contribution in [0.2, 0.25) is 5.02 Å². The second kappa shape index (κ2) is 8.95. The van der Waals surface area contributed by atoms with Gasteiger partial charge in [-0.05, 0) is 66.2 Å². The van der Waals surface area contributed by atoms with Crippen molar-refractivity contribution in [2.24, 2.45) is 4.99 Å². The van der Waals surface area contributed by atoms with E-state index in [2.05, 4.69) is 10.3 Å². The van der Waals surface area contributed by atoms with E-state index in [1.165, 1.54) is 11.8 Å². The third-order valence-corrected chi connectivity index (χ3v) is 4.97. The zero-order valence-corrected chi connectivity index (χ0v) is 16.5. The summed E-state index contributed by atoms with van der Waals surface area (Å²) in [6.45, 7) is 1.75. The molecule has 1 aliphatic heterocycles. The molecular formula is C20H17ClN2O4S. The number of hydrogen-bond donors (Lipinski definition) is 2. The smallest absolute Gasteiger partial charge is 0.344 e. The standard InChI is InChI=1S/C20H17ClN2O4S/c1-2-16(19(25)26)27-15-9-3-12(4-10-15)11-17-18(24)23-20(28-17)22-14-7-5-13(21)6-8-14/h3-11,16H,2H2,1H3,(H,25,26)(H,22,23,24)/b17-11+. The lowest BCUT2D eigenvalue weighted by atomic mass is 10.2. The fourth-order valence-electron chi connectivity index (χ4n) is 2.38. The van der Waals surface area contributed by atoms with Gasteiger partial charge in [0.05, 0.1) is 10.6 Å². The first-order chi connectivity index (χ1) is 13.4. The Morgan fingerprint density at radius 1 is 1.25 bits per heavy atom. The fraction of sp³-hybridized carbons (Fsp3) is 0.150. The first kappa shape index (κ1) is 20.0. The molecule has 6 nitrogen and oxygen atoms in total. The van der Waals surface area contributed by atoms with Crippen molar-refractivity contribution in [3.05, 3.63) is 64.0 Å². The van der Waals surface area contributed by atoms with Crippen LogP contribution in [0.3, 0.4) is 0 Å². The molecule has 1 unspecified atom stereocenters. The molecule has 1 atom stereocenters. The number of amidine groups is 1. The van der Waals surface area contributed by atoms with Crippen LogP contribution >= 0.6 is 23.4 Å². The number of thioether (sulfide) groups is 1. The van der Waals surface area contributed by atoms with Crippen molar-refractivity contribution >= 4 is 52.2 Å². The minimum atomic E-state index is -1.000. The fourth-order valence-corrected chi connectivity index (χ4v) is 3.35. The van der Waals surface area contributed by atoms with Crippen molar-refractivity contribution in [1.82, 2.24) is 5.32 Å². The topological polar surface area (TPSA) is 88.0 Å². The number of benzene rings is 2. The summed E-state index contributed by atoms with van der Waals surface area (Å²) in [5.74, 6) is -0.764. The summed E-state index contributed by atoms with van der Waals surface area (Å²) in [6.07, 6.45) is 1.23. The quantitative estimate of drug-likeness (QED) is 0.678. The second-order valence-electron chi connectivity index (χ2n) is 5.88. The van der Waals surface area contributed by atoms with Gasteiger partial charge in [-0.2, -0.15) is 0 Å². The van der Waals surface area contributed by atoms with Gasteiger partial charge in [-0.15, -0.1) is 0 Å². The maximum atomic E-state index is 12.2. The lowest BCUT2D eigenvalue weighted by Crippen LogP contribution is -2.25. The summed E-state index contributed by atoms with van der Waals surface area (Å²) in [7, 11) is 0. The van der Waals surface area contributed by atoms with Gasteiger partial charge in [0, 0.05) is 5.02 Å². The summed E-state index contributed by atoms with van der Waals surface area (Å²) in [5, 5.41) is 12.9. The number of carboxylic acid groups (broad SMARTS) is 1. The van der Waals surface area contributed by atoms with Crippen LogP contribution in [0.15, 0.2) is 58.4 Å². The number of nitrogens with zero attached hydrogens (tertiary/aromatic N) is 1. The molecule has 1 aliphatic rings. The second-order valence-corrected chi connectivity index (χ2v) is 7.35. The molecule has 0 radical (unpaired) electrons. The van der Waals surface area contributed by atoms with E-state index in [4.69, 9.17) is 21.4 Å². The normalized spacial score (nSPS) is 17.6. The molecule has 1 heterocycles. The van der Waals surface area contributed by atoms with Crippen LogP contribution in [0.25, 0.3) is 6.08 Å². The van der Waals surface area contributed by atoms with Crippen LogP contribution in [-0.2, 0) is 9.59 Å². The lowest BCUT2D eigenvalue weighted by Gasteiger charge is -2.13. The monoisotopic (exact) mass is 416 g/mol. The molecule has 0 saturated carbocycles. The predicted molar refractivity (Wildman–Crippen MR) is 111 cm³/mol. The Kier molecular flexibility index (Phi) is 6.38. The Morgan fingerprint density at radius 3 is 2.54 bits per heavy atom.